The van der Waals surface area contributed by atoms with Gasteiger partial charge in [-0.25, -0.2) is 4.79 Å². The molecule has 0 N–H and O–H groups in total. The molecule has 0 spiro atoms. The quantitative estimate of drug-likeness (QED) is 0.476. The molecule has 1 aromatic heterocycles. The molecule has 0 amide bonds. The fourth-order valence-electron chi connectivity index (χ4n) is 2.67. The van der Waals surface area contributed by atoms with Crippen molar-refractivity contribution >= 4 is 19.4 Å². The lowest BCUT2D eigenvalue weighted by Gasteiger charge is -2.20. The van der Waals surface area contributed by atoms with Crippen molar-refractivity contribution in [2.45, 2.75) is 46.1 Å². The number of esters is 1. The average Bonchev–Trinajstić information content (AvgIpc) is 2.64. The minimum Gasteiger partial charge on any atom is -0.484 e. The predicted molar refractivity (Wildman–Crippen MR) is 106 cm³/mol. The summed E-state index contributed by atoms with van der Waals surface area (Å²) < 4.78 is 16.6. The molecule has 1 heterocycles. The average molecular weight is 367 g/mol. The molecular weight excluding hydrogens is 341 g/mol. The van der Waals surface area contributed by atoms with E-state index in [1.807, 2.05) is 31.2 Å². The van der Waals surface area contributed by atoms with Crippen LogP contribution < -0.4 is 15.1 Å². The number of benzene rings is 1. The fraction of sp³-hybridized carbons (Fsp3) is 0.429. The summed E-state index contributed by atoms with van der Waals surface area (Å²) in [4.78, 5) is 15.8. The molecule has 2 aromatic rings. The van der Waals surface area contributed by atoms with Gasteiger partial charge in [-0.2, -0.15) is 0 Å². The molecule has 0 aliphatic heterocycles. The van der Waals surface area contributed by atoms with Gasteiger partial charge in [-0.05, 0) is 62.1 Å². The maximum Gasteiger partial charge on any atom is 0.344 e. The van der Waals surface area contributed by atoms with E-state index in [1.165, 1.54) is 0 Å². The second-order valence-electron chi connectivity index (χ2n) is 6.26. The molecule has 0 bridgehead atoms. The number of hydrogen-bond donors (Lipinski definition) is 0. The van der Waals surface area contributed by atoms with E-state index in [1.54, 1.807) is 19.1 Å². The van der Waals surface area contributed by atoms with Crippen LogP contribution in [0.4, 0.5) is 0 Å². The molecular formula is C21H26BNO4. The molecule has 1 atom stereocenters. The Hall–Kier alpha value is -2.50. The third kappa shape index (κ3) is 6.63. The minimum atomic E-state index is -0.385. The highest BCUT2D eigenvalue weighted by Gasteiger charge is 2.16. The number of ether oxygens (including phenoxy) is 3. The Bertz CT molecular complexity index is 751. The highest BCUT2D eigenvalue weighted by Crippen LogP contribution is 2.29. The second kappa shape index (κ2) is 10.6. The van der Waals surface area contributed by atoms with E-state index >= 15 is 0 Å². The third-order valence-electron chi connectivity index (χ3n) is 4.02. The summed E-state index contributed by atoms with van der Waals surface area (Å²) >= 11 is 0. The van der Waals surface area contributed by atoms with Gasteiger partial charge in [0.25, 0.3) is 0 Å². The number of pyridine rings is 1. The van der Waals surface area contributed by atoms with Crippen molar-refractivity contribution in [3.05, 3.63) is 47.7 Å². The Balaban J connectivity index is 2.08. The SMILES string of the molecule is [B]c1cccc([C@H](CCCC)Oc2ccc(OCC(=O)OCC)c(C)c2)n1. The van der Waals surface area contributed by atoms with E-state index < -0.39 is 0 Å². The highest BCUT2D eigenvalue weighted by atomic mass is 16.6. The summed E-state index contributed by atoms with van der Waals surface area (Å²) in [5.74, 6) is 0.966. The zero-order valence-electron chi connectivity index (χ0n) is 16.2. The van der Waals surface area contributed by atoms with Crippen LogP contribution in [0.25, 0.3) is 0 Å². The fourth-order valence-corrected chi connectivity index (χ4v) is 2.67. The summed E-state index contributed by atoms with van der Waals surface area (Å²) in [5.41, 5.74) is 2.19. The van der Waals surface area contributed by atoms with Gasteiger partial charge in [0.2, 0.25) is 0 Å². The molecule has 0 unspecified atom stereocenters. The first-order chi connectivity index (χ1) is 13.0. The van der Waals surface area contributed by atoms with Crippen LogP contribution in [0.15, 0.2) is 36.4 Å². The maximum absolute atomic E-state index is 11.4. The van der Waals surface area contributed by atoms with E-state index in [0.29, 0.717) is 17.9 Å². The van der Waals surface area contributed by atoms with Gasteiger partial charge in [-0.3, -0.25) is 4.98 Å². The number of carbonyl (C=O) groups is 1. The zero-order chi connectivity index (χ0) is 19.6. The molecule has 2 radical (unpaired) electrons. The largest absolute Gasteiger partial charge is 0.484 e. The van der Waals surface area contributed by atoms with Crippen molar-refractivity contribution in [3.63, 3.8) is 0 Å². The maximum atomic E-state index is 11.4. The zero-order valence-corrected chi connectivity index (χ0v) is 16.2. The van der Waals surface area contributed by atoms with Gasteiger partial charge in [0.1, 0.15) is 25.4 Å². The first-order valence-electron chi connectivity index (χ1n) is 9.31. The second-order valence-corrected chi connectivity index (χ2v) is 6.26. The monoisotopic (exact) mass is 367 g/mol. The van der Waals surface area contributed by atoms with Crippen molar-refractivity contribution < 1.29 is 19.0 Å². The summed E-state index contributed by atoms with van der Waals surface area (Å²) in [6.07, 6.45) is 2.79. The van der Waals surface area contributed by atoms with Gasteiger partial charge in [0.05, 0.1) is 12.3 Å². The standard InChI is InChI=1S/C21H26BNO4/c1-4-6-9-19(17-8-7-10-20(22)23-17)27-16-11-12-18(15(3)13-16)26-14-21(24)25-5-2/h7-8,10-13,19H,4-6,9,14H2,1-3H3/t19-/m0/s1. The van der Waals surface area contributed by atoms with Crippen LogP contribution in [0.3, 0.4) is 0 Å². The lowest BCUT2D eigenvalue weighted by Crippen LogP contribution is -2.16. The number of carbonyl (C=O) groups excluding carboxylic acids is 1. The number of hydrogen-bond acceptors (Lipinski definition) is 5. The van der Waals surface area contributed by atoms with Crippen molar-refractivity contribution in [3.8, 4) is 11.5 Å². The van der Waals surface area contributed by atoms with Crippen LogP contribution in [0.2, 0.25) is 0 Å². The molecule has 0 saturated heterocycles. The van der Waals surface area contributed by atoms with Crippen LogP contribution in [-0.4, -0.2) is 32.0 Å². The Morgan fingerprint density at radius 3 is 2.70 bits per heavy atom. The van der Waals surface area contributed by atoms with E-state index in [0.717, 1.165) is 36.3 Å². The third-order valence-corrected chi connectivity index (χ3v) is 4.02. The highest BCUT2D eigenvalue weighted by molar-refractivity contribution is 6.30. The van der Waals surface area contributed by atoms with E-state index in [9.17, 15) is 4.79 Å². The van der Waals surface area contributed by atoms with Gasteiger partial charge < -0.3 is 14.2 Å². The van der Waals surface area contributed by atoms with Gasteiger partial charge in [-0.15, -0.1) is 0 Å². The van der Waals surface area contributed by atoms with E-state index in [4.69, 9.17) is 22.1 Å². The number of unbranched alkanes of at least 4 members (excludes halogenated alkanes) is 1. The molecule has 5 nitrogen and oxygen atoms in total. The van der Waals surface area contributed by atoms with Gasteiger partial charge in [0.15, 0.2) is 6.61 Å². The Morgan fingerprint density at radius 1 is 1.22 bits per heavy atom. The van der Waals surface area contributed by atoms with Crippen LogP contribution >= 0.6 is 0 Å². The minimum absolute atomic E-state index is 0.110. The van der Waals surface area contributed by atoms with Crippen molar-refractivity contribution in [2.24, 2.45) is 0 Å². The molecule has 1 aromatic carbocycles. The topological polar surface area (TPSA) is 57.7 Å². The molecule has 0 aliphatic carbocycles. The Kier molecular flexibility index (Phi) is 8.17. The van der Waals surface area contributed by atoms with E-state index in [-0.39, 0.29) is 18.7 Å². The normalized spacial score (nSPS) is 11.7. The summed E-state index contributed by atoms with van der Waals surface area (Å²) in [6.45, 7) is 6.04. The first-order valence-corrected chi connectivity index (χ1v) is 9.31. The number of aryl methyl sites for hydroxylation is 1. The van der Waals surface area contributed by atoms with Gasteiger partial charge in [0, 0.05) is 0 Å². The Morgan fingerprint density at radius 2 is 2.04 bits per heavy atom. The molecule has 0 saturated carbocycles. The molecule has 142 valence electrons. The smallest absolute Gasteiger partial charge is 0.344 e. The molecule has 6 heteroatoms. The van der Waals surface area contributed by atoms with Gasteiger partial charge >= 0.3 is 5.97 Å². The number of rotatable bonds is 10. The van der Waals surface area contributed by atoms with Crippen LogP contribution in [0.5, 0.6) is 11.5 Å². The van der Waals surface area contributed by atoms with Crippen LogP contribution in [0.1, 0.15) is 50.5 Å². The molecule has 27 heavy (non-hydrogen) atoms. The summed E-state index contributed by atoms with van der Waals surface area (Å²) in [6, 6.07) is 11.1. The molecule has 2 rings (SSSR count). The molecule has 0 fully saturated rings. The van der Waals surface area contributed by atoms with Crippen molar-refractivity contribution in [1.82, 2.24) is 4.98 Å². The first kappa shape index (κ1) is 20.8. The van der Waals surface area contributed by atoms with Crippen LogP contribution in [-0.2, 0) is 9.53 Å². The lowest BCUT2D eigenvalue weighted by atomic mass is 10.0. The van der Waals surface area contributed by atoms with Gasteiger partial charge in [-0.1, -0.05) is 25.5 Å². The predicted octanol–water partition coefficient (Wildman–Crippen LogP) is 3.44. The van der Waals surface area contributed by atoms with Crippen molar-refractivity contribution in [1.29, 1.82) is 0 Å². The summed E-state index contributed by atoms with van der Waals surface area (Å²) in [5, 5.41) is 0. The lowest BCUT2D eigenvalue weighted by molar-refractivity contribution is -0.145. The number of nitrogens with zero attached hydrogens (tertiary/aromatic N) is 1. The molecule has 0 aliphatic rings. The van der Waals surface area contributed by atoms with Crippen LogP contribution in [0, 0.1) is 6.92 Å². The summed E-state index contributed by atoms with van der Waals surface area (Å²) in [7, 11) is 5.82. The Labute approximate surface area is 162 Å². The van der Waals surface area contributed by atoms with Crippen molar-refractivity contribution in [2.75, 3.05) is 13.2 Å². The number of aromatic nitrogens is 1. The van der Waals surface area contributed by atoms with E-state index in [2.05, 4.69) is 11.9 Å².